The molecule has 0 unspecified atom stereocenters. The molecule has 1 aliphatic heterocycles. The van der Waals surface area contributed by atoms with E-state index in [0.717, 1.165) is 42.5 Å². The first-order valence-electron chi connectivity index (χ1n) is 10.7. The number of hydrogen-bond donors (Lipinski definition) is 1. The molecule has 0 radical (unpaired) electrons. The lowest BCUT2D eigenvalue weighted by Gasteiger charge is -2.27. The molecule has 6 heteroatoms. The van der Waals surface area contributed by atoms with Crippen molar-refractivity contribution in [2.75, 3.05) is 18.0 Å². The summed E-state index contributed by atoms with van der Waals surface area (Å²) in [5.41, 5.74) is 3.69. The van der Waals surface area contributed by atoms with E-state index in [1.165, 1.54) is 12.0 Å². The molecule has 1 saturated heterocycles. The summed E-state index contributed by atoms with van der Waals surface area (Å²) in [5.74, 6) is 0.442. The summed E-state index contributed by atoms with van der Waals surface area (Å²) in [6.07, 6.45) is 3.60. The fraction of sp³-hybridized carbons (Fsp3) is 0.375. The van der Waals surface area contributed by atoms with Gasteiger partial charge in [0.15, 0.2) is 5.82 Å². The minimum atomic E-state index is -0.109. The summed E-state index contributed by atoms with van der Waals surface area (Å²) in [7, 11) is 0. The monoisotopic (exact) mass is 404 g/mol. The van der Waals surface area contributed by atoms with Crippen LogP contribution in [0.3, 0.4) is 0 Å². The predicted octanol–water partition coefficient (Wildman–Crippen LogP) is 3.40. The largest absolute Gasteiger partial charge is 0.352 e. The highest BCUT2D eigenvalue weighted by atomic mass is 16.2. The number of anilines is 1. The number of benzene rings is 2. The van der Waals surface area contributed by atoms with Crippen molar-refractivity contribution in [2.24, 2.45) is 0 Å². The molecule has 2 heterocycles. The van der Waals surface area contributed by atoms with Crippen molar-refractivity contribution < 1.29 is 4.79 Å². The van der Waals surface area contributed by atoms with E-state index in [4.69, 9.17) is 0 Å². The first-order valence-corrected chi connectivity index (χ1v) is 10.7. The summed E-state index contributed by atoms with van der Waals surface area (Å²) in [6, 6.07) is 15.7. The number of hydrogen-bond acceptors (Lipinski definition) is 4. The lowest BCUT2D eigenvalue weighted by atomic mass is 10.1. The normalized spacial score (nSPS) is 14.1. The Morgan fingerprint density at radius 2 is 1.87 bits per heavy atom. The Morgan fingerprint density at radius 1 is 1.07 bits per heavy atom. The zero-order valence-corrected chi connectivity index (χ0v) is 17.4. The van der Waals surface area contributed by atoms with Gasteiger partial charge >= 0.3 is 0 Å². The highest BCUT2D eigenvalue weighted by Crippen LogP contribution is 2.18. The highest BCUT2D eigenvalue weighted by Gasteiger charge is 2.19. The maximum Gasteiger partial charge on any atom is 0.294 e. The van der Waals surface area contributed by atoms with Crippen LogP contribution in [0.15, 0.2) is 53.3 Å². The summed E-state index contributed by atoms with van der Waals surface area (Å²) < 4.78 is 1.71. The summed E-state index contributed by atoms with van der Waals surface area (Å²) in [5, 5.41) is 2.96. The molecule has 0 spiro atoms. The summed E-state index contributed by atoms with van der Waals surface area (Å²) >= 11 is 0. The number of amides is 1. The number of aryl methyl sites for hydroxylation is 2. The van der Waals surface area contributed by atoms with E-state index in [1.807, 2.05) is 49.4 Å². The molecular formula is C24H28N4O2. The fourth-order valence-corrected chi connectivity index (χ4v) is 4.04. The number of fused-ring (bicyclic) bond motifs is 1. The molecule has 1 amide bonds. The molecule has 2 aromatic carbocycles. The third kappa shape index (κ3) is 4.53. The second kappa shape index (κ2) is 9.11. The van der Waals surface area contributed by atoms with Crippen molar-refractivity contribution in [1.29, 1.82) is 0 Å². The first kappa shape index (κ1) is 20.1. The molecule has 0 saturated carbocycles. The minimum Gasteiger partial charge on any atom is -0.352 e. The van der Waals surface area contributed by atoms with Gasteiger partial charge in [-0.2, -0.15) is 0 Å². The number of nitrogens with zero attached hydrogens (tertiary/aromatic N) is 3. The van der Waals surface area contributed by atoms with Crippen LogP contribution in [0.4, 0.5) is 5.82 Å². The fourth-order valence-electron chi connectivity index (χ4n) is 4.04. The number of carbonyl (C=O) groups excluding carboxylic acids is 1. The number of piperidine rings is 1. The van der Waals surface area contributed by atoms with E-state index in [0.29, 0.717) is 18.9 Å². The van der Waals surface area contributed by atoms with Gasteiger partial charge in [0.2, 0.25) is 5.91 Å². The average Bonchev–Trinajstić information content (AvgIpc) is 2.77. The van der Waals surface area contributed by atoms with Crippen molar-refractivity contribution in [3.8, 4) is 0 Å². The van der Waals surface area contributed by atoms with Gasteiger partial charge in [-0.15, -0.1) is 0 Å². The van der Waals surface area contributed by atoms with Crippen LogP contribution in [0.25, 0.3) is 11.0 Å². The molecule has 4 rings (SSSR count). The van der Waals surface area contributed by atoms with Crippen LogP contribution >= 0.6 is 0 Å². The van der Waals surface area contributed by atoms with Crippen LogP contribution in [-0.2, 0) is 17.9 Å². The molecule has 1 N–H and O–H groups in total. The standard InChI is InChI=1S/C24H28N4O2/c1-18-8-7-9-19(16-18)17-25-22(29)12-15-28-21-11-4-3-10-20(21)26-23(24(28)30)27-13-5-2-6-14-27/h3-4,7-11,16H,2,5-6,12-15,17H2,1H3,(H,25,29). The first-order chi connectivity index (χ1) is 14.6. The Bertz CT molecular complexity index is 1100. The average molecular weight is 405 g/mol. The SMILES string of the molecule is Cc1cccc(CNC(=O)CCn2c(=O)c(N3CCCCC3)nc3ccccc32)c1. The zero-order valence-electron chi connectivity index (χ0n) is 17.4. The van der Waals surface area contributed by atoms with E-state index in [1.54, 1.807) is 4.57 Å². The van der Waals surface area contributed by atoms with Crippen LogP contribution in [0.1, 0.15) is 36.8 Å². The number of carbonyl (C=O) groups is 1. The molecular weight excluding hydrogens is 376 g/mol. The smallest absolute Gasteiger partial charge is 0.294 e. The molecule has 30 heavy (non-hydrogen) atoms. The van der Waals surface area contributed by atoms with Crippen LogP contribution < -0.4 is 15.8 Å². The van der Waals surface area contributed by atoms with Crippen LogP contribution in [0.2, 0.25) is 0 Å². The number of nitrogens with one attached hydrogen (secondary N) is 1. The van der Waals surface area contributed by atoms with E-state index >= 15 is 0 Å². The minimum absolute atomic E-state index is 0.0659. The topological polar surface area (TPSA) is 67.2 Å². The van der Waals surface area contributed by atoms with Gasteiger partial charge in [-0.1, -0.05) is 42.0 Å². The third-order valence-electron chi connectivity index (χ3n) is 5.63. The second-order valence-electron chi connectivity index (χ2n) is 7.94. The van der Waals surface area contributed by atoms with Gasteiger partial charge in [0.25, 0.3) is 5.56 Å². The summed E-state index contributed by atoms with van der Waals surface area (Å²) in [4.78, 5) is 32.4. The van der Waals surface area contributed by atoms with Crippen LogP contribution in [0, 0.1) is 6.92 Å². The van der Waals surface area contributed by atoms with E-state index < -0.39 is 0 Å². The van der Waals surface area contributed by atoms with Gasteiger partial charge in [0.1, 0.15) is 0 Å². The van der Waals surface area contributed by atoms with Crippen LogP contribution in [0.5, 0.6) is 0 Å². The van der Waals surface area contributed by atoms with Gasteiger partial charge < -0.3 is 14.8 Å². The molecule has 1 aliphatic rings. The molecule has 1 fully saturated rings. The van der Waals surface area contributed by atoms with Gasteiger partial charge in [-0.3, -0.25) is 9.59 Å². The lowest BCUT2D eigenvalue weighted by molar-refractivity contribution is -0.121. The van der Waals surface area contributed by atoms with Crippen molar-refractivity contribution >= 4 is 22.8 Å². The lowest BCUT2D eigenvalue weighted by Crippen LogP contribution is -2.37. The van der Waals surface area contributed by atoms with Crippen molar-refractivity contribution in [3.63, 3.8) is 0 Å². The Balaban J connectivity index is 1.51. The molecule has 0 bridgehead atoms. The molecule has 6 nitrogen and oxygen atoms in total. The van der Waals surface area contributed by atoms with Gasteiger partial charge in [0.05, 0.1) is 11.0 Å². The zero-order chi connectivity index (χ0) is 20.9. The number of aromatic nitrogens is 2. The van der Waals surface area contributed by atoms with Crippen molar-refractivity contribution in [1.82, 2.24) is 14.9 Å². The maximum atomic E-state index is 13.2. The van der Waals surface area contributed by atoms with Gasteiger partial charge in [-0.25, -0.2) is 4.98 Å². The van der Waals surface area contributed by atoms with Crippen LogP contribution in [-0.4, -0.2) is 28.5 Å². The van der Waals surface area contributed by atoms with E-state index in [9.17, 15) is 9.59 Å². The Labute approximate surface area is 176 Å². The molecule has 0 aliphatic carbocycles. The number of para-hydroxylation sites is 2. The Hall–Kier alpha value is -3.15. The third-order valence-corrected chi connectivity index (χ3v) is 5.63. The molecule has 1 aromatic heterocycles. The second-order valence-corrected chi connectivity index (χ2v) is 7.94. The predicted molar refractivity (Wildman–Crippen MR) is 120 cm³/mol. The molecule has 3 aromatic rings. The van der Waals surface area contributed by atoms with Crippen molar-refractivity contribution in [2.45, 2.75) is 45.7 Å². The molecule has 0 atom stereocenters. The van der Waals surface area contributed by atoms with Gasteiger partial charge in [-0.05, 0) is 43.9 Å². The van der Waals surface area contributed by atoms with Gasteiger partial charge in [0, 0.05) is 32.6 Å². The Kier molecular flexibility index (Phi) is 6.12. The maximum absolute atomic E-state index is 13.2. The van der Waals surface area contributed by atoms with E-state index in [-0.39, 0.29) is 17.9 Å². The number of rotatable bonds is 6. The summed E-state index contributed by atoms with van der Waals surface area (Å²) in [6.45, 7) is 4.58. The van der Waals surface area contributed by atoms with E-state index in [2.05, 4.69) is 21.3 Å². The van der Waals surface area contributed by atoms with Crippen molar-refractivity contribution in [3.05, 3.63) is 70.0 Å². The molecule has 156 valence electrons. The Morgan fingerprint density at radius 3 is 2.67 bits per heavy atom. The quantitative estimate of drug-likeness (QED) is 0.684. The highest BCUT2D eigenvalue weighted by molar-refractivity contribution is 5.78.